The summed E-state index contributed by atoms with van der Waals surface area (Å²) in [6, 6.07) is 9.88. The quantitative estimate of drug-likeness (QED) is 0.582. The average molecular weight is 409 g/mol. The topological polar surface area (TPSA) is 98.6 Å². The van der Waals surface area contributed by atoms with Gasteiger partial charge in [-0.25, -0.2) is 4.79 Å². The van der Waals surface area contributed by atoms with E-state index in [0.717, 1.165) is 48.0 Å². The highest BCUT2D eigenvalue weighted by molar-refractivity contribution is 5.89. The van der Waals surface area contributed by atoms with E-state index in [1.165, 1.54) is 11.8 Å². The number of aromatic nitrogens is 2. The zero-order valence-corrected chi connectivity index (χ0v) is 17.3. The largest absolute Gasteiger partial charge is 0.477 e. The predicted molar refractivity (Wildman–Crippen MR) is 116 cm³/mol. The van der Waals surface area contributed by atoms with Gasteiger partial charge in [0.15, 0.2) is 0 Å². The van der Waals surface area contributed by atoms with Gasteiger partial charge in [0.2, 0.25) is 0 Å². The summed E-state index contributed by atoms with van der Waals surface area (Å²) in [6.45, 7) is 3.91. The van der Waals surface area contributed by atoms with E-state index in [9.17, 15) is 19.8 Å². The molecule has 1 atom stereocenters. The molecule has 0 saturated carbocycles. The number of aliphatic hydroxyl groups excluding tert-OH is 1. The first kappa shape index (κ1) is 20.4. The minimum atomic E-state index is -1.22. The van der Waals surface area contributed by atoms with Crippen LogP contribution in [0.4, 0.5) is 0 Å². The Labute approximate surface area is 174 Å². The number of aryl methyl sites for hydroxylation is 2. The van der Waals surface area contributed by atoms with Crippen molar-refractivity contribution in [2.45, 2.75) is 38.8 Å². The molecule has 0 unspecified atom stereocenters. The van der Waals surface area contributed by atoms with Crippen LogP contribution in [0.5, 0.6) is 0 Å². The van der Waals surface area contributed by atoms with E-state index in [1.807, 2.05) is 32.2 Å². The Morgan fingerprint density at radius 3 is 2.77 bits per heavy atom. The fourth-order valence-corrected chi connectivity index (χ4v) is 4.50. The van der Waals surface area contributed by atoms with Gasteiger partial charge in [0.25, 0.3) is 5.56 Å². The van der Waals surface area contributed by atoms with Crippen LogP contribution >= 0.6 is 0 Å². The van der Waals surface area contributed by atoms with Crippen molar-refractivity contribution < 1.29 is 15.0 Å². The van der Waals surface area contributed by atoms with Crippen molar-refractivity contribution in [3.63, 3.8) is 0 Å². The molecule has 30 heavy (non-hydrogen) atoms. The monoisotopic (exact) mass is 409 g/mol. The van der Waals surface area contributed by atoms with Crippen molar-refractivity contribution in [3.8, 4) is 11.3 Å². The molecule has 3 aromatic rings. The van der Waals surface area contributed by atoms with E-state index in [0.29, 0.717) is 12.1 Å². The van der Waals surface area contributed by atoms with Crippen molar-refractivity contribution >= 4 is 16.9 Å². The van der Waals surface area contributed by atoms with Gasteiger partial charge >= 0.3 is 5.97 Å². The number of aromatic amines is 1. The fraction of sp³-hybridized carbons (Fsp3) is 0.391. The normalized spacial score (nSPS) is 17.1. The molecule has 2 aromatic heterocycles. The van der Waals surface area contributed by atoms with Gasteiger partial charge in [-0.1, -0.05) is 13.0 Å². The lowest BCUT2D eigenvalue weighted by atomic mass is 10.0. The third kappa shape index (κ3) is 3.55. The summed E-state index contributed by atoms with van der Waals surface area (Å²) in [5.74, 6) is -1.22. The van der Waals surface area contributed by atoms with Crippen molar-refractivity contribution in [2.24, 2.45) is 7.05 Å². The number of likely N-dealkylation sites (tertiary alicyclic amines) is 1. The molecule has 0 aliphatic carbocycles. The number of aliphatic hydroxyl groups is 1. The first-order chi connectivity index (χ1) is 14.4. The van der Waals surface area contributed by atoms with E-state index < -0.39 is 11.5 Å². The molecule has 0 bridgehead atoms. The summed E-state index contributed by atoms with van der Waals surface area (Å²) in [5, 5.41) is 19.9. The lowest BCUT2D eigenvalue weighted by Gasteiger charge is -2.22. The maximum Gasteiger partial charge on any atom is 0.341 e. The number of carboxylic acid groups (broad SMARTS) is 1. The summed E-state index contributed by atoms with van der Waals surface area (Å²) < 4.78 is 2.17. The number of benzene rings is 1. The van der Waals surface area contributed by atoms with Gasteiger partial charge in [0.05, 0.1) is 12.3 Å². The Kier molecular flexibility index (Phi) is 5.49. The molecule has 3 heterocycles. The van der Waals surface area contributed by atoms with Gasteiger partial charge in [0, 0.05) is 36.2 Å². The Morgan fingerprint density at radius 1 is 1.27 bits per heavy atom. The number of nitrogens with zero attached hydrogens (tertiary/aromatic N) is 2. The number of carbonyl (C=O) groups is 1. The SMILES string of the molecule is CCc1cc(C(=O)O)c(=O)[nH]c1-c1ccc2c(c1)cc(CN1CCC[C@@H]1CO)n2C. The number of nitrogens with one attached hydrogen (secondary N) is 1. The van der Waals surface area contributed by atoms with Crippen LogP contribution in [0.25, 0.3) is 22.2 Å². The van der Waals surface area contributed by atoms with Crippen LogP contribution in [0.2, 0.25) is 0 Å². The fourth-order valence-electron chi connectivity index (χ4n) is 4.50. The Bertz CT molecular complexity index is 1160. The average Bonchev–Trinajstić information content (AvgIpc) is 3.31. The van der Waals surface area contributed by atoms with Gasteiger partial charge in [0.1, 0.15) is 5.56 Å². The van der Waals surface area contributed by atoms with Gasteiger partial charge in [-0.05, 0) is 61.2 Å². The third-order valence-corrected chi connectivity index (χ3v) is 6.24. The number of pyridine rings is 1. The molecule has 1 aliphatic rings. The molecule has 0 amide bonds. The maximum absolute atomic E-state index is 12.2. The first-order valence-electron chi connectivity index (χ1n) is 10.4. The summed E-state index contributed by atoms with van der Waals surface area (Å²) in [7, 11) is 2.04. The third-order valence-electron chi connectivity index (χ3n) is 6.24. The number of fused-ring (bicyclic) bond motifs is 1. The van der Waals surface area contributed by atoms with E-state index in [1.54, 1.807) is 0 Å². The van der Waals surface area contributed by atoms with E-state index >= 15 is 0 Å². The van der Waals surface area contributed by atoms with Crippen molar-refractivity contribution in [1.82, 2.24) is 14.5 Å². The zero-order valence-electron chi connectivity index (χ0n) is 17.3. The van der Waals surface area contributed by atoms with Crippen molar-refractivity contribution in [1.29, 1.82) is 0 Å². The molecule has 1 aromatic carbocycles. The second-order valence-corrected chi connectivity index (χ2v) is 7.99. The molecule has 3 N–H and O–H groups in total. The molecule has 1 fully saturated rings. The Morgan fingerprint density at radius 2 is 2.07 bits per heavy atom. The highest BCUT2D eigenvalue weighted by Crippen LogP contribution is 2.29. The Balaban J connectivity index is 1.73. The molecule has 158 valence electrons. The van der Waals surface area contributed by atoms with Crippen molar-refractivity contribution in [2.75, 3.05) is 13.2 Å². The smallest absolute Gasteiger partial charge is 0.341 e. The Hall–Kier alpha value is -2.90. The summed E-state index contributed by atoms with van der Waals surface area (Å²) in [6.07, 6.45) is 2.75. The van der Waals surface area contributed by atoms with E-state index in [2.05, 4.69) is 20.5 Å². The van der Waals surface area contributed by atoms with Crippen LogP contribution in [-0.2, 0) is 20.0 Å². The summed E-state index contributed by atoms with van der Waals surface area (Å²) in [4.78, 5) is 28.6. The lowest BCUT2D eigenvalue weighted by Crippen LogP contribution is -2.32. The van der Waals surface area contributed by atoms with Gasteiger partial charge in [-0.3, -0.25) is 9.69 Å². The van der Waals surface area contributed by atoms with Crippen LogP contribution in [0.1, 0.15) is 41.4 Å². The lowest BCUT2D eigenvalue weighted by molar-refractivity contribution is 0.0695. The minimum absolute atomic E-state index is 0.188. The molecule has 7 nitrogen and oxygen atoms in total. The summed E-state index contributed by atoms with van der Waals surface area (Å²) in [5.41, 5.74) is 3.77. The van der Waals surface area contributed by atoms with Crippen LogP contribution in [0, 0.1) is 0 Å². The van der Waals surface area contributed by atoms with Crippen LogP contribution in [0.3, 0.4) is 0 Å². The predicted octanol–water partition coefficient (Wildman–Crippen LogP) is 2.75. The maximum atomic E-state index is 12.2. The molecule has 1 saturated heterocycles. The second-order valence-electron chi connectivity index (χ2n) is 7.99. The van der Waals surface area contributed by atoms with Gasteiger partial charge in [-0.15, -0.1) is 0 Å². The van der Waals surface area contributed by atoms with E-state index in [-0.39, 0.29) is 18.2 Å². The van der Waals surface area contributed by atoms with Crippen LogP contribution in [-0.4, -0.2) is 49.8 Å². The number of rotatable bonds is 6. The van der Waals surface area contributed by atoms with Crippen molar-refractivity contribution in [3.05, 3.63) is 57.5 Å². The number of carboxylic acids is 1. The molecule has 0 radical (unpaired) electrons. The molecule has 4 rings (SSSR count). The molecular formula is C23H27N3O4. The number of H-pyrrole nitrogens is 1. The summed E-state index contributed by atoms with van der Waals surface area (Å²) >= 11 is 0. The van der Waals surface area contributed by atoms with Gasteiger partial charge in [-0.2, -0.15) is 0 Å². The second kappa shape index (κ2) is 8.08. The number of aromatic carboxylic acids is 1. The standard InChI is InChI=1S/C23H27N3O4/c1-3-14-11-19(23(29)30)22(28)24-21(14)15-6-7-20-16(9-15)10-18(25(20)2)12-26-8-4-5-17(26)13-27/h6-7,9-11,17,27H,3-5,8,12-13H2,1-2H3,(H,24,28)(H,29,30)/t17-/m1/s1. The van der Waals surface area contributed by atoms with Gasteiger partial charge < -0.3 is 19.8 Å². The highest BCUT2D eigenvalue weighted by Gasteiger charge is 2.24. The minimum Gasteiger partial charge on any atom is -0.477 e. The van der Waals surface area contributed by atoms with E-state index in [4.69, 9.17) is 0 Å². The van der Waals surface area contributed by atoms with Crippen LogP contribution < -0.4 is 5.56 Å². The highest BCUT2D eigenvalue weighted by atomic mass is 16.4. The molecule has 0 spiro atoms. The first-order valence-corrected chi connectivity index (χ1v) is 10.4. The number of hydrogen-bond acceptors (Lipinski definition) is 4. The molecule has 1 aliphatic heterocycles. The molecular weight excluding hydrogens is 382 g/mol. The number of hydrogen-bond donors (Lipinski definition) is 3. The zero-order chi connectivity index (χ0) is 21.4. The molecule has 7 heteroatoms. The van der Waals surface area contributed by atoms with Crippen LogP contribution in [0.15, 0.2) is 35.1 Å².